The molecule has 2 rings (SSSR count). The normalized spacial score (nSPS) is 21.6. The van der Waals surface area contributed by atoms with Gasteiger partial charge in [0, 0.05) is 18.2 Å². The predicted octanol–water partition coefficient (Wildman–Crippen LogP) is 2.60. The van der Waals surface area contributed by atoms with Crippen molar-refractivity contribution in [2.75, 3.05) is 13.2 Å². The molecule has 1 saturated heterocycles. The molecule has 1 heterocycles. The second-order valence-electron chi connectivity index (χ2n) is 5.99. The molecule has 1 aliphatic rings. The van der Waals surface area contributed by atoms with Crippen molar-refractivity contribution in [3.63, 3.8) is 0 Å². The maximum atomic E-state index is 12.8. The van der Waals surface area contributed by atoms with Crippen LogP contribution < -0.4 is 0 Å². The highest BCUT2D eigenvalue weighted by Gasteiger charge is 2.28. The van der Waals surface area contributed by atoms with Crippen molar-refractivity contribution >= 4 is 5.91 Å². The first-order valence-corrected chi connectivity index (χ1v) is 7.54. The molecule has 0 saturated carbocycles. The summed E-state index contributed by atoms with van der Waals surface area (Å²) in [5, 5.41) is 8.88. The van der Waals surface area contributed by atoms with Crippen LogP contribution in [0.2, 0.25) is 0 Å². The van der Waals surface area contributed by atoms with Gasteiger partial charge in [0.1, 0.15) is 6.61 Å². The molecule has 1 aromatic rings. The van der Waals surface area contributed by atoms with Gasteiger partial charge in [0.05, 0.1) is 5.56 Å². The number of aryl methyl sites for hydroxylation is 1. The molecule has 1 N–H and O–H groups in total. The summed E-state index contributed by atoms with van der Waals surface area (Å²) in [6.07, 6.45) is 2.11. The molecule has 3 heteroatoms. The maximum Gasteiger partial charge on any atom is 0.255 e. The molecule has 2 unspecified atom stereocenters. The smallest absolute Gasteiger partial charge is 0.255 e. The number of hydrogen-bond acceptors (Lipinski definition) is 2. The lowest BCUT2D eigenvalue weighted by atomic mass is 9.92. The Hall–Kier alpha value is -1.79. The maximum absolute atomic E-state index is 12.8. The van der Waals surface area contributed by atoms with Gasteiger partial charge in [0.25, 0.3) is 5.91 Å². The molecule has 112 valence electrons. The Balaban J connectivity index is 2.30. The second kappa shape index (κ2) is 6.78. The predicted molar refractivity (Wildman–Crippen MR) is 84.0 cm³/mol. The van der Waals surface area contributed by atoms with Crippen molar-refractivity contribution in [1.82, 2.24) is 4.90 Å². The molecule has 21 heavy (non-hydrogen) atoms. The first kappa shape index (κ1) is 15.6. The van der Waals surface area contributed by atoms with E-state index in [1.807, 2.05) is 30.0 Å². The summed E-state index contributed by atoms with van der Waals surface area (Å²) in [6, 6.07) is 5.96. The monoisotopic (exact) mass is 285 g/mol. The molecule has 0 aromatic heterocycles. The van der Waals surface area contributed by atoms with Gasteiger partial charge in [-0.2, -0.15) is 0 Å². The first-order valence-electron chi connectivity index (χ1n) is 7.54. The van der Waals surface area contributed by atoms with Crippen molar-refractivity contribution < 1.29 is 9.90 Å². The van der Waals surface area contributed by atoms with Gasteiger partial charge in [-0.25, -0.2) is 0 Å². The fourth-order valence-corrected chi connectivity index (χ4v) is 2.95. The topological polar surface area (TPSA) is 40.5 Å². The minimum Gasteiger partial charge on any atom is -0.384 e. The van der Waals surface area contributed by atoms with Crippen molar-refractivity contribution in [3.05, 3.63) is 34.9 Å². The van der Waals surface area contributed by atoms with Crippen molar-refractivity contribution in [2.24, 2.45) is 5.92 Å². The van der Waals surface area contributed by atoms with E-state index >= 15 is 0 Å². The van der Waals surface area contributed by atoms with Crippen LogP contribution in [0, 0.1) is 24.7 Å². The van der Waals surface area contributed by atoms with E-state index in [2.05, 4.69) is 25.7 Å². The van der Waals surface area contributed by atoms with Crippen molar-refractivity contribution in [1.29, 1.82) is 0 Å². The van der Waals surface area contributed by atoms with Gasteiger partial charge in [0.15, 0.2) is 0 Å². The number of rotatable bonds is 1. The molecular weight excluding hydrogens is 262 g/mol. The molecule has 1 aromatic carbocycles. The van der Waals surface area contributed by atoms with Crippen LogP contribution in [-0.2, 0) is 0 Å². The van der Waals surface area contributed by atoms with Crippen LogP contribution in [0.15, 0.2) is 18.2 Å². The molecule has 0 radical (unpaired) electrons. The number of aliphatic hydroxyl groups excluding tert-OH is 1. The number of carbonyl (C=O) groups is 1. The molecule has 1 aliphatic heterocycles. The van der Waals surface area contributed by atoms with Crippen LogP contribution in [0.4, 0.5) is 0 Å². The minimum absolute atomic E-state index is 0.0524. The number of amides is 1. The Morgan fingerprint density at radius 3 is 2.86 bits per heavy atom. The van der Waals surface area contributed by atoms with Gasteiger partial charge >= 0.3 is 0 Å². The third-order valence-corrected chi connectivity index (χ3v) is 4.11. The SMILES string of the molecule is Cc1ccc(C(=O)N2CCC(C)CC2C)c(C#CCO)c1. The number of hydrogen-bond donors (Lipinski definition) is 1. The molecule has 1 fully saturated rings. The van der Waals surface area contributed by atoms with E-state index < -0.39 is 0 Å². The average Bonchev–Trinajstić information content (AvgIpc) is 2.44. The fraction of sp³-hybridized carbons (Fsp3) is 0.500. The molecule has 0 bridgehead atoms. The minimum atomic E-state index is -0.195. The average molecular weight is 285 g/mol. The standard InChI is InChI=1S/C18H23NO2/c1-13-6-7-17(16(12-13)5-4-10-20)18(21)19-9-8-14(2)11-15(19)3/h6-7,12,14-15,20H,8-11H2,1-3H3. The third kappa shape index (κ3) is 3.65. The number of likely N-dealkylation sites (tertiary alicyclic amines) is 1. The quantitative estimate of drug-likeness (QED) is 0.806. The number of carbonyl (C=O) groups excluding carboxylic acids is 1. The van der Waals surface area contributed by atoms with E-state index in [1.165, 1.54) is 0 Å². The number of piperidine rings is 1. The second-order valence-corrected chi connectivity index (χ2v) is 5.99. The third-order valence-electron chi connectivity index (χ3n) is 4.11. The Morgan fingerprint density at radius 2 is 2.19 bits per heavy atom. The zero-order valence-electron chi connectivity index (χ0n) is 13.0. The van der Waals surface area contributed by atoms with Crippen LogP contribution in [0.5, 0.6) is 0 Å². The van der Waals surface area contributed by atoms with Gasteiger partial charge in [-0.3, -0.25) is 4.79 Å². The van der Waals surface area contributed by atoms with Crippen LogP contribution in [-0.4, -0.2) is 35.1 Å². The molecule has 2 atom stereocenters. The van der Waals surface area contributed by atoms with Crippen LogP contribution in [0.25, 0.3) is 0 Å². The largest absolute Gasteiger partial charge is 0.384 e. The first-order chi connectivity index (χ1) is 10.0. The van der Waals surface area contributed by atoms with Gasteiger partial charge in [0.2, 0.25) is 0 Å². The Labute approximate surface area is 127 Å². The number of nitrogens with zero attached hydrogens (tertiary/aromatic N) is 1. The Morgan fingerprint density at radius 1 is 1.43 bits per heavy atom. The van der Waals surface area contributed by atoms with E-state index in [1.54, 1.807) is 0 Å². The molecule has 3 nitrogen and oxygen atoms in total. The lowest BCUT2D eigenvalue weighted by Gasteiger charge is -2.36. The highest BCUT2D eigenvalue weighted by molar-refractivity contribution is 5.97. The van der Waals surface area contributed by atoms with Crippen molar-refractivity contribution in [3.8, 4) is 11.8 Å². The molecule has 1 amide bonds. The van der Waals surface area contributed by atoms with E-state index in [9.17, 15) is 4.79 Å². The van der Waals surface area contributed by atoms with E-state index in [4.69, 9.17) is 5.11 Å². The summed E-state index contributed by atoms with van der Waals surface area (Å²) in [6.45, 7) is 6.94. The summed E-state index contributed by atoms with van der Waals surface area (Å²) in [5.41, 5.74) is 2.41. The zero-order chi connectivity index (χ0) is 15.4. The highest BCUT2D eigenvalue weighted by atomic mass is 16.2. The number of aliphatic hydroxyl groups is 1. The van der Waals surface area contributed by atoms with Gasteiger partial charge in [-0.05, 0) is 50.3 Å². The van der Waals surface area contributed by atoms with Gasteiger partial charge < -0.3 is 10.0 Å². The van der Waals surface area contributed by atoms with Gasteiger partial charge in [-0.15, -0.1) is 0 Å². The lowest BCUT2D eigenvalue weighted by molar-refractivity contribution is 0.0588. The summed E-state index contributed by atoms with van der Waals surface area (Å²) in [5.74, 6) is 6.27. The fourth-order valence-electron chi connectivity index (χ4n) is 2.95. The van der Waals surface area contributed by atoms with Crippen LogP contribution >= 0.6 is 0 Å². The van der Waals surface area contributed by atoms with E-state index in [-0.39, 0.29) is 18.6 Å². The van der Waals surface area contributed by atoms with Crippen molar-refractivity contribution in [2.45, 2.75) is 39.7 Å². The van der Waals surface area contributed by atoms with Crippen LogP contribution in [0.3, 0.4) is 0 Å². The van der Waals surface area contributed by atoms with E-state index in [0.717, 1.165) is 24.9 Å². The lowest BCUT2D eigenvalue weighted by Crippen LogP contribution is -2.44. The Kier molecular flexibility index (Phi) is 5.03. The molecule has 0 aliphatic carbocycles. The Bertz CT molecular complexity index is 583. The molecule has 0 spiro atoms. The molecular formula is C18H23NO2. The van der Waals surface area contributed by atoms with E-state index in [0.29, 0.717) is 17.0 Å². The zero-order valence-corrected chi connectivity index (χ0v) is 13.0. The van der Waals surface area contributed by atoms with Crippen LogP contribution in [0.1, 0.15) is 48.2 Å². The summed E-state index contributed by atoms with van der Waals surface area (Å²) in [4.78, 5) is 14.8. The summed E-state index contributed by atoms with van der Waals surface area (Å²) < 4.78 is 0. The summed E-state index contributed by atoms with van der Waals surface area (Å²) in [7, 11) is 0. The van der Waals surface area contributed by atoms with Gasteiger partial charge in [-0.1, -0.05) is 24.8 Å². The highest BCUT2D eigenvalue weighted by Crippen LogP contribution is 2.24. The number of benzene rings is 1. The summed E-state index contributed by atoms with van der Waals surface area (Å²) >= 11 is 0.